The fourth-order valence-electron chi connectivity index (χ4n) is 2.32. The van der Waals surface area contributed by atoms with Gasteiger partial charge in [-0.3, -0.25) is 4.79 Å². The summed E-state index contributed by atoms with van der Waals surface area (Å²) >= 11 is 4.85. The van der Waals surface area contributed by atoms with Crippen LogP contribution >= 0.6 is 27.3 Å². The number of nitrogens with one attached hydrogen (secondary N) is 1. The van der Waals surface area contributed by atoms with Crippen molar-refractivity contribution in [2.75, 3.05) is 12.4 Å². The zero-order valence-corrected chi connectivity index (χ0v) is 16.1. The Balaban J connectivity index is 1.55. The van der Waals surface area contributed by atoms with E-state index in [1.165, 1.54) is 11.3 Å². The molecule has 0 atom stereocenters. The third kappa shape index (κ3) is 4.90. The van der Waals surface area contributed by atoms with Crippen molar-refractivity contribution in [1.82, 2.24) is 4.98 Å². The number of hydrogen-bond donors (Lipinski definition) is 1. The first-order chi connectivity index (χ1) is 12.1. The lowest BCUT2D eigenvalue weighted by molar-refractivity contribution is -0.116. The number of nitrogens with zero attached hydrogens (tertiary/aromatic N) is 1. The number of benzene rings is 2. The van der Waals surface area contributed by atoms with Crippen molar-refractivity contribution >= 4 is 38.3 Å². The molecule has 0 radical (unpaired) electrons. The van der Waals surface area contributed by atoms with Crippen LogP contribution in [-0.2, 0) is 11.2 Å². The Hall–Kier alpha value is -2.18. The number of carbonyl (C=O) groups is 1. The SMILES string of the molecule is COc1ccc(CCC(=O)Nc2nc(-c3ccc(Br)cc3)cs2)cc1. The molecule has 1 aromatic heterocycles. The molecule has 0 spiro atoms. The highest BCUT2D eigenvalue weighted by molar-refractivity contribution is 9.10. The molecule has 2 aromatic carbocycles. The van der Waals surface area contributed by atoms with E-state index < -0.39 is 0 Å². The average molecular weight is 417 g/mol. The predicted octanol–water partition coefficient (Wildman–Crippen LogP) is 5.15. The number of rotatable bonds is 6. The number of amides is 1. The molecule has 1 amide bonds. The van der Waals surface area contributed by atoms with Gasteiger partial charge in [-0.1, -0.05) is 40.2 Å². The van der Waals surface area contributed by atoms with Crippen molar-refractivity contribution < 1.29 is 9.53 Å². The monoisotopic (exact) mass is 416 g/mol. The topological polar surface area (TPSA) is 51.2 Å². The van der Waals surface area contributed by atoms with Crippen molar-refractivity contribution in [2.45, 2.75) is 12.8 Å². The van der Waals surface area contributed by atoms with Crippen LogP contribution in [0.5, 0.6) is 5.75 Å². The Morgan fingerprint density at radius 1 is 1.16 bits per heavy atom. The van der Waals surface area contributed by atoms with Crippen LogP contribution in [0.3, 0.4) is 0 Å². The van der Waals surface area contributed by atoms with E-state index in [0.717, 1.165) is 27.0 Å². The second-order valence-corrected chi connectivity index (χ2v) is 7.21. The summed E-state index contributed by atoms with van der Waals surface area (Å²) in [4.78, 5) is 16.6. The van der Waals surface area contributed by atoms with Gasteiger partial charge in [0.05, 0.1) is 12.8 Å². The summed E-state index contributed by atoms with van der Waals surface area (Å²) in [5.74, 6) is 0.781. The predicted molar refractivity (Wildman–Crippen MR) is 105 cm³/mol. The van der Waals surface area contributed by atoms with Gasteiger partial charge in [0.1, 0.15) is 5.75 Å². The maximum atomic E-state index is 12.1. The lowest BCUT2D eigenvalue weighted by Crippen LogP contribution is -2.12. The number of aromatic nitrogens is 1. The number of carbonyl (C=O) groups excluding carboxylic acids is 1. The highest BCUT2D eigenvalue weighted by Gasteiger charge is 2.08. The summed E-state index contributed by atoms with van der Waals surface area (Å²) < 4.78 is 6.16. The zero-order valence-electron chi connectivity index (χ0n) is 13.7. The minimum atomic E-state index is -0.0347. The van der Waals surface area contributed by atoms with Crippen LogP contribution in [0.1, 0.15) is 12.0 Å². The molecule has 0 fully saturated rings. The summed E-state index contributed by atoms with van der Waals surface area (Å²) in [6.45, 7) is 0. The van der Waals surface area contributed by atoms with Crippen molar-refractivity contribution in [3.63, 3.8) is 0 Å². The second-order valence-electron chi connectivity index (χ2n) is 5.44. The van der Waals surface area contributed by atoms with Gasteiger partial charge in [0.15, 0.2) is 5.13 Å². The quantitative estimate of drug-likeness (QED) is 0.603. The number of anilines is 1. The summed E-state index contributed by atoms with van der Waals surface area (Å²) in [5, 5.41) is 5.44. The van der Waals surface area contributed by atoms with Crippen molar-refractivity contribution in [3.05, 3.63) is 63.9 Å². The largest absolute Gasteiger partial charge is 0.497 e. The number of hydrogen-bond acceptors (Lipinski definition) is 4. The number of halogens is 1. The first-order valence-corrected chi connectivity index (χ1v) is 9.45. The molecule has 0 aliphatic rings. The summed E-state index contributed by atoms with van der Waals surface area (Å²) in [6.07, 6.45) is 1.10. The van der Waals surface area contributed by atoms with Gasteiger partial charge in [0.2, 0.25) is 5.91 Å². The van der Waals surface area contributed by atoms with Gasteiger partial charge in [-0.25, -0.2) is 4.98 Å². The van der Waals surface area contributed by atoms with E-state index in [0.29, 0.717) is 18.0 Å². The van der Waals surface area contributed by atoms with Crippen molar-refractivity contribution in [1.29, 1.82) is 0 Å². The van der Waals surface area contributed by atoms with Crippen LogP contribution in [0, 0.1) is 0 Å². The Morgan fingerprint density at radius 3 is 2.56 bits per heavy atom. The third-order valence-electron chi connectivity index (χ3n) is 3.69. The van der Waals surface area contributed by atoms with Gasteiger partial charge in [0.25, 0.3) is 0 Å². The van der Waals surface area contributed by atoms with Gasteiger partial charge in [-0.2, -0.15) is 0 Å². The fraction of sp³-hybridized carbons (Fsp3) is 0.158. The lowest BCUT2D eigenvalue weighted by Gasteiger charge is -2.04. The summed E-state index contributed by atoms with van der Waals surface area (Å²) in [6, 6.07) is 15.7. The molecule has 0 bridgehead atoms. The molecule has 3 rings (SSSR count). The molecule has 0 aliphatic carbocycles. The first kappa shape index (κ1) is 17.6. The normalized spacial score (nSPS) is 10.5. The smallest absolute Gasteiger partial charge is 0.226 e. The molecule has 128 valence electrons. The van der Waals surface area contributed by atoms with Gasteiger partial charge in [0, 0.05) is 21.8 Å². The molecule has 0 saturated carbocycles. The van der Waals surface area contributed by atoms with E-state index in [1.54, 1.807) is 7.11 Å². The summed E-state index contributed by atoms with van der Waals surface area (Å²) in [7, 11) is 1.64. The maximum absolute atomic E-state index is 12.1. The van der Waals surface area contributed by atoms with Gasteiger partial charge >= 0.3 is 0 Å². The summed E-state index contributed by atoms with van der Waals surface area (Å²) in [5.41, 5.74) is 2.99. The molecule has 6 heteroatoms. The maximum Gasteiger partial charge on any atom is 0.226 e. The lowest BCUT2D eigenvalue weighted by atomic mass is 10.1. The molecule has 25 heavy (non-hydrogen) atoms. The van der Waals surface area contributed by atoms with E-state index in [-0.39, 0.29) is 5.91 Å². The molecule has 0 unspecified atom stereocenters. The van der Waals surface area contributed by atoms with E-state index in [4.69, 9.17) is 4.74 Å². The minimum Gasteiger partial charge on any atom is -0.497 e. The molecular formula is C19H17BrN2O2S. The minimum absolute atomic E-state index is 0.0347. The Morgan fingerprint density at radius 2 is 1.88 bits per heavy atom. The number of thiazole rings is 1. The highest BCUT2D eigenvalue weighted by atomic mass is 79.9. The Labute approximate surface area is 159 Å². The fourth-order valence-corrected chi connectivity index (χ4v) is 3.32. The highest BCUT2D eigenvalue weighted by Crippen LogP contribution is 2.26. The standard InChI is InChI=1S/C19H17BrN2O2S/c1-24-16-9-2-13(3-10-16)4-11-18(23)22-19-21-17(12-25-19)14-5-7-15(20)8-6-14/h2-3,5-10,12H,4,11H2,1H3,(H,21,22,23). The van der Waals surface area contributed by atoms with E-state index in [1.807, 2.05) is 53.9 Å². The Bertz CT molecular complexity index is 845. The van der Waals surface area contributed by atoms with E-state index in [9.17, 15) is 4.79 Å². The van der Waals surface area contributed by atoms with E-state index in [2.05, 4.69) is 26.2 Å². The van der Waals surface area contributed by atoms with Crippen molar-refractivity contribution in [2.24, 2.45) is 0 Å². The van der Waals surface area contributed by atoms with Crippen molar-refractivity contribution in [3.8, 4) is 17.0 Å². The molecule has 4 nitrogen and oxygen atoms in total. The van der Waals surface area contributed by atoms with Gasteiger partial charge in [-0.05, 0) is 36.2 Å². The third-order valence-corrected chi connectivity index (χ3v) is 4.98. The molecule has 1 heterocycles. The number of methoxy groups -OCH3 is 1. The van der Waals surface area contributed by atoms with Crippen LogP contribution in [0.2, 0.25) is 0 Å². The first-order valence-electron chi connectivity index (χ1n) is 7.78. The van der Waals surface area contributed by atoms with Crippen LogP contribution in [-0.4, -0.2) is 18.0 Å². The second kappa shape index (κ2) is 8.27. The van der Waals surface area contributed by atoms with Crippen LogP contribution < -0.4 is 10.1 Å². The molecule has 1 N–H and O–H groups in total. The average Bonchev–Trinajstić information content (AvgIpc) is 3.09. The molecular weight excluding hydrogens is 400 g/mol. The van der Waals surface area contributed by atoms with Gasteiger partial charge in [-0.15, -0.1) is 11.3 Å². The van der Waals surface area contributed by atoms with E-state index >= 15 is 0 Å². The molecule has 0 saturated heterocycles. The van der Waals surface area contributed by atoms with Crippen LogP contribution in [0.15, 0.2) is 58.4 Å². The zero-order chi connectivity index (χ0) is 17.6. The van der Waals surface area contributed by atoms with Crippen LogP contribution in [0.25, 0.3) is 11.3 Å². The molecule has 0 aliphatic heterocycles. The van der Waals surface area contributed by atoms with Gasteiger partial charge < -0.3 is 10.1 Å². The number of aryl methyl sites for hydroxylation is 1. The van der Waals surface area contributed by atoms with Crippen LogP contribution in [0.4, 0.5) is 5.13 Å². The number of ether oxygens (including phenoxy) is 1. The molecule has 3 aromatic rings. The Kier molecular flexibility index (Phi) is 5.83.